The molecule has 0 spiro atoms. The Hall–Kier alpha value is -2.85. The fraction of sp³-hybridized carbons (Fsp3) is 0.763. The molecule has 0 saturated heterocycles. The number of carbonyl (C=O) groups is 3. The predicted molar refractivity (Wildman–Crippen MR) is 204 cm³/mol. The molecule has 324 valence electrons. The van der Waals surface area contributed by atoms with Gasteiger partial charge in [0.05, 0.1) is 165 Å². The van der Waals surface area contributed by atoms with E-state index >= 15 is 0 Å². The molecule has 3 N–H and O–H groups in total. The van der Waals surface area contributed by atoms with Gasteiger partial charge in [0.25, 0.3) is 0 Å². The zero-order valence-corrected chi connectivity index (χ0v) is 33.0. The van der Waals surface area contributed by atoms with E-state index in [0.717, 1.165) is 6.29 Å². The van der Waals surface area contributed by atoms with Crippen molar-refractivity contribution in [3.8, 4) is 5.75 Å². The van der Waals surface area contributed by atoms with Gasteiger partial charge < -0.3 is 77.4 Å². The van der Waals surface area contributed by atoms with Crippen LogP contribution in [0.4, 0.5) is 5.69 Å². The molecule has 0 unspecified atom stereocenters. The van der Waals surface area contributed by atoms with Crippen molar-refractivity contribution in [2.24, 2.45) is 0 Å². The molecule has 0 heterocycles. The first-order valence-corrected chi connectivity index (χ1v) is 19.3. The third-order valence-corrected chi connectivity index (χ3v) is 7.04. The fourth-order valence-corrected chi connectivity index (χ4v) is 4.18. The molecule has 1 aromatic rings. The van der Waals surface area contributed by atoms with Crippen LogP contribution in [0.5, 0.6) is 5.75 Å². The first kappa shape index (κ1) is 51.2. The van der Waals surface area contributed by atoms with Crippen LogP contribution < -0.4 is 15.8 Å². The highest BCUT2D eigenvalue weighted by Gasteiger charge is 2.04. The lowest BCUT2D eigenvalue weighted by Crippen LogP contribution is -2.27. The highest BCUT2D eigenvalue weighted by Crippen LogP contribution is 2.18. The normalized spacial score (nSPS) is 11.2. The van der Waals surface area contributed by atoms with Gasteiger partial charge in [0, 0.05) is 36.7 Å². The van der Waals surface area contributed by atoms with Crippen molar-refractivity contribution >= 4 is 24.2 Å². The number of rotatable bonds is 45. The van der Waals surface area contributed by atoms with Gasteiger partial charge in [-0.15, -0.1) is 0 Å². The topological polar surface area (TPSA) is 209 Å². The van der Waals surface area contributed by atoms with Crippen molar-refractivity contribution < 1.29 is 76.0 Å². The lowest BCUT2D eigenvalue weighted by Gasteiger charge is -2.09. The molecule has 0 aliphatic carbocycles. The maximum atomic E-state index is 11.9. The van der Waals surface area contributed by atoms with Crippen LogP contribution in [0.2, 0.25) is 0 Å². The van der Waals surface area contributed by atoms with E-state index in [1.54, 1.807) is 18.2 Å². The van der Waals surface area contributed by atoms with E-state index in [0.29, 0.717) is 214 Å². The van der Waals surface area contributed by atoms with Crippen LogP contribution in [-0.4, -0.2) is 190 Å². The van der Waals surface area contributed by atoms with E-state index in [4.69, 9.17) is 67.3 Å². The Balaban J connectivity index is 1.66. The van der Waals surface area contributed by atoms with Crippen molar-refractivity contribution in [1.29, 1.82) is 0 Å². The van der Waals surface area contributed by atoms with Crippen LogP contribution in [-0.2, 0) is 66.4 Å². The Morgan fingerprint density at radius 3 is 1.20 bits per heavy atom. The lowest BCUT2D eigenvalue weighted by molar-refractivity contribution is -0.121. The summed E-state index contributed by atoms with van der Waals surface area (Å²) in [4.78, 5) is 32.9. The molecule has 0 aromatic heterocycles. The van der Waals surface area contributed by atoms with E-state index in [1.807, 2.05) is 0 Å². The van der Waals surface area contributed by atoms with E-state index in [9.17, 15) is 14.4 Å². The third kappa shape index (κ3) is 35.6. The lowest BCUT2D eigenvalue weighted by atomic mass is 10.2. The largest absolute Gasteiger partial charge is 0.494 e. The molecule has 56 heavy (non-hydrogen) atoms. The van der Waals surface area contributed by atoms with Crippen LogP contribution in [0.3, 0.4) is 0 Å². The quantitative estimate of drug-likeness (QED) is 0.0538. The number of nitrogen functional groups attached to an aromatic ring is 1. The molecule has 1 aromatic carbocycles. The van der Waals surface area contributed by atoms with E-state index in [2.05, 4.69) is 5.32 Å². The van der Waals surface area contributed by atoms with E-state index < -0.39 is 0 Å². The summed E-state index contributed by atoms with van der Waals surface area (Å²) in [7, 11) is 0. The summed E-state index contributed by atoms with van der Waals surface area (Å²) >= 11 is 0. The van der Waals surface area contributed by atoms with Gasteiger partial charge in [-0.1, -0.05) is 0 Å². The molecule has 0 bridgehead atoms. The molecule has 0 radical (unpaired) electrons. The van der Waals surface area contributed by atoms with Gasteiger partial charge in [-0.2, -0.15) is 0 Å². The van der Waals surface area contributed by atoms with Crippen molar-refractivity contribution in [3.05, 3.63) is 23.8 Å². The molecular formula is C38H66N2O16. The third-order valence-electron chi connectivity index (χ3n) is 7.04. The molecule has 0 aliphatic heterocycles. The second-order valence-electron chi connectivity index (χ2n) is 11.5. The average Bonchev–Trinajstić information content (AvgIpc) is 3.20. The van der Waals surface area contributed by atoms with E-state index in [-0.39, 0.29) is 5.91 Å². The second kappa shape index (κ2) is 41.8. The van der Waals surface area contributed by atoms with Gasteiger partial charge in [-0.3, -0.25) is 9.59 Å². The van der Waals surface area contributed by atoms with Crippen molar-refractivity contribution in [3.63, 3.8) is 0 Å². The summed E-state index contributed by atoms with van der Waals surface area (Å²) in [5.41, 5.74) is 6.53. The number of nitrogens with one attached hydrogen (secondary N) is 1. The minimum atomic E-state index is -0.0783. The number of carbonyl (C=O) groups excluding carboxylic acids is 3. The zero-order chi connectivity index (χ0) is 40.3. The standard InChI is InChI=1S/C38H66N2O16/c39-37-33-36(5-4-35(37)34-42)56-9-1-3-38(43)40-6-10-45-12-14-47-16-18-49-20-22-51-24-26-53-28-30-55-32-31-54-29-27-52-25-23-50-21-19-48-17-15-46-13-11-44-8-2-7-41/h4-5,7,33-34H,1-3,6,8-32,39H2,(H,40,43). The minimum Gasteiger partial charge on any atom is -0.494 e. The number of benzene rings is 1. The van der Waals surface area contributed by atoms with Crippen LogP contribution >= 0.6 is 0 Å². The van der Waals surface area contributed by atoms with Crippen molar-refractivity contribution in [1.82, 2.24) is 5.32 Å². The molecule has 1 rings (SSSR count). The van der Waals surface area contributed by atoms with Gasteiger partial charge in [0.15, 0.2) is 6.29 Å². The Labute approximate surface area is 331 Å². The number of hydrogen-bond donors (Lipinski definition) is 2. The summed E-state index contributed by atoms with van der Waals surface area (Å²) in [5, 5.41) is 2.80. The van der Waals surface area contributed by atoms with Crippen LogP contribution in [0.25, 0.3) is 0 Å². The maximum Gasteiger partial charge on any atom is 0.220 e. The highest BCUT2D eigenvalue weighted by atomic mass is 16.6. The van der Waals surface area contributed by atoms with Gasteiger partial charge in [0.2, 0.25) is 5.91 Å². The van der Waals surface area contributed by atoms with Crippen molar-refractivity contribution in [2.75, 3.05) is 177 Å². The number of aldehydes is 2. The Morgan fingerprint density at radius 1 is 0.500 bits per heavy atom. The van der Waals surface area contributed by atoms with Crippen molar-refractivity contribution in [2.45, 2.75) is 19.3 Å². The van der Waals surface area contributed by atoms with Gasteiger partial charge in [0.1, 0.15) is 12.0 Å². The summed E-state index contributed by atoms with van der Waals surface area (Å²) in [6.07, 6.45) is 2.80. The molecule has 0 saturated carbocycles. The summed E-state index contributed by atoms with van der Waals surface area (Å²) < 4.78 is 70.8. The predicted octanol–water partition coefficient (Wildman–Crippen LogP) is 1.14. The summed E-state index contributed by atoms with van der Waals surface area (Å²) in [5.74, 6) is 0.482. The molecular weight excluding hydrogens is 740 g/mol. The first-order valence-electron chi connectivity index (χ1n) is 19.3. The van der Waals surface area contributed by atoms with Gasteiger partial charge >= 0.3 is 0 Å². The molecule has 18 nitrogen and oxygen atoms in total. The number of amides is 1. The maximum absolute atomic E-state index is 11.9. The first-order chi connectivity index (χ1) is 27.7. The summed E-state index contributed by atoms with van der Waals surface area (Å²) in [6.45, 7) is 12.0. The zero-order valence-electron chi connectivity index (χ0n) is 33.0. The smallest absolute Gasteiger partial charge is 0.220 e. The minimum absolute atomic E-state index is 0.0783. The molecule has 18 heteroatoms. The van der Waals surface area contributed by atoms with Crippen LogP contribution in [0.15, 0.2) is 18.2 Å². The number of hydrogen-bond acceptors (Lipinski definition) is 17. The SMILES string of the molecule is Nc1cc(OCCCC(=O)NCCOCCOCCOCCOCCOCCOCCOCCOCCOCCOCCOCCOCCC=O)ccc1C=O. The Morgan fingerprint density at radius 2 is 0.857 bits per heavy atom. The van der Waals surface area contributed by atoms with Gasteiger partial charge in [-0.05, 0) is 18.6 Å². The average molecular weight is 807 g/mol. The fourth-order valence-electron chi connectivity index (χ4n) is 4.18. The Bertz CT molecular complexity index is 1040. The van der Waals surface area contributed by atoms with Crippen LogP contribution in [0.1, 0.15) is 29.6 Å². The Kier molecular flexibility index (Phi) is 38.2. The monoisotopic (exact) mass is 806 g/mol. The number of ether oxygens (including phenoxy) is 13. The molecule has 0 aliphatic rings. The van der Waals surface area contributed by atoms with Gasteiger partial charge in [-0.25, -0.2) is 0 Å². The summed E-state index contributed by atoms with van der Waals surface area (Å²) in [6, 6.07) is 4.86. The number of nitrogens with two attached hydrogens (primary N) is 1. The number of anilines is 1. The second-order valence-corrected chi connectivity index (χ2v) is 11.5. The molecule has 0 fully saturated rings. The van der Waals surface area contributed by atoms with E-state index in [1.165, 1.54) is 0 Å². The van der Waals surface area contributed by atoms with Crippen LogP contribution in [0, 0.1) is 0 Å². The molecule has 0 atom stereocenters. The molecule has 1 amide bonds. The highest BCUT2D eigenvalue weighted by molar-refractivity contribution is 5.83.